The topological polar surface area (TPSA) is 43.8 Å². The Balaban J connectivity index is 2.19. The number of aryl methyl sites for hydroxylation is 1. The molecule has 0 radical (unpaired) electrons. The van der Waals surface area contributed by atoms with Gasteiger partial charge in [0, 0.05) is 11.8 Å². The van der Waals surface area contributed by atoms with Gasteiger partial charge in [-0.15, -0.1) is 0 Å². The number of nitrogen functional groups attached to an aromatic ring is 1. The molecule has 0 aliphatic rings. The SMILES string of the molecule is Cc1nn(C(C)C)c(SCc2ccccc2)c1N. The van der Waals surface area contributed by atoms with Gasteiger partial charge in [-0.3, -0.25) is 4.68 Å². The molecule has 0 spiro atoms. The minimum atomic E-state index is 0.333. The number of benzene rings is 1. The number of hydrogen-bond acceptors (Lipinski definition) is 3. The second-order valence-corrected chi connectivity index (χ2v) is 5.58. The molecule has 0 saturated carbocycles. The molecular formula is C14H19N3S. The van der Waals surface area contributed by atoms with E-state index in [-0.39, 0.29) is 0 Å². The first-order valence-corrected chi connectivity index (χ1v) is 7.09. The highest BCUT2D eigenvalue weighted by Gasteiger charge is 2.14. The summed E-state index contributed by atoms with van der Waals surface area (Å²) in [5, 5.41) is 5.57. The van der Waals surface area contributed by atoms with Crippen LogP contribution in [-0.2, 0) is 5.75 Å². The summed E-state index contributed by atoms with van der Waals surface area (Å²) in [5.74, 6) is 0.920. The van der Waals surface area contributed by atoms with E-state index in [0.717, 1.165) is 22.2 Å². The van der Waals surface area contributed by atoms with E-state index in [2.05, 4.69) is 43.2 Å². The third kappa shape index (κ3) is 2.70. The molecular weight excluding hydrogens is 242 g/mol. The Hall–Kier alpha value is -1.42. The molecule has 2 N–H and O–H groups in total. The number of anilines is 1. The molecule has 0 aliphatic carbocycles. The fourth-order valence-corrected chi connectivity index (χ4v) is 2.94. The molecule has 0 amide bonds. The monoisotopic (exact) mass is 261 g/mol. The van der Waals surface area contributed by atoms with E-state index in [1.807, 2.05) is 17.7 Å². The smallest absolute Gasteiger partial charge is 0.118 e. The molecule has 2 aromatic rings. The highest BCUT2D eigenvalue weighted by atomic mass is 32.2. The van der Waals surface area contributed by atoms with Crippen LogP contribution in [0.15, 0.2) is 35.4 Å². The number of hydrogen-bond donors (Lipinski definition) is 1. The average Bonchev–Trinajstić information content (AvgIpc) is 2.65. The van der Waals surface area contributed by atoms with Crippen LogP contribution in [0, 0.1) is 6.92 Å². The van der Waals surface area contributed by atoms with Crippen LogP contribution in [0.3, 0.4) is 0 Å². The number of nitrogens with two attached hydrogens (primary N) is 1. The molecule has 0 atom stereocenters. The quantitative estimate of drug-likeness (QED) is 0.854. The third-order valence-electron chi connectivity index (χ3n) is 2.79. The molecule has 96 valence electrons. The van der Waals surface area contributed by atoms with Crippen LogP contribution in [0.5, 0.6) is 0 Å². The zero-order valence-electron chi connectivity index (χ0n) is 11.1. The van der Waals surface area contributed by atoms with Gasteiger partial charge in [-0.25, -0.2) is 0 Å². The molecule has 1 heterocycles. The number of nitrogens with zero attached hydrogens (tertiary/aromatic N) is 2. The number of rotatable bonds is 4. The van der Waals surface area contributed by atoms with Crippen molar-refractivity contribution in [3.63, 3.8) is 0 Å². The van der Waals surface area contributed by atoms with Crippen LogP contribution < -0.4 is 5.73 Å². The maximum atomic E-state index is 6.10. The first-order valence-electron chi connectivity index (χ1n) is 6.11. The summed E-state index contributed by atoms with van der Waals surface area (Å²) in [6, 6.07) is 10.7. The van der Waals surface area contributed by atoms with Crippen molar-refractivity contribution in [3.05, 3.63) is 41.6 Å². The summed E-state index contributed by atoms with van der Waals surface area (Å²) in [4.78, 5) is 0. The molecule has 2 rings (SSSR count). The molecule has 1 aromatic heterocycles. The average molecular weight is 261 g/mol. The van der Waals surface area contributed by atoms with E-state index in [1.165, 1.54) is 5.56 Å². The van der Waals surface area contributed by atoms with Crippen molar-refractivity contribution in [3.8, 4) is 0 Å². The van der Waals surface area contributed by atoms with Gasteiger partial charge in [0.2, 0.25) is 0 Å². The first-order chi connectivity index (χ1) is 8.59. The Bertz CT molecular complexity index is 517. The summed E-state index contributed by atoms with van der Waals surface area (Å²) in [5.41, 5.74) is 9.13. The van der Waals surface area contributed by atoms with Crippen LogP contribution in [0.4, 0.5) is 5.69 Å². The first kappa shape index (κ1) is 13.0. The van der Waals surface area contributed by atoms with E-state index in [0.29, 0.717) is 6.04 Å². The second kappa shape index (κ2) is 5.48. The molecule has 3 nitrogen and oxygen atoms in total. The molecule has 0 unspecified atom stereocenters. The van der Waals surface area contributed by atoms with Crippen molar-refractivity contribution in [2.24, 2.45) is 0 Å². The van der Waals surface area contributed by atoms with E-state index in [4.69, 9.17) is 5.73 Å². The van der Waals surface area contributed by atoms with E-state index in [1.54, 1.807) is 11.8 Å². The summed E-state index contributed by atoms with van der Waals surface area (Å²) in [6.07, 6.45) is 0. The Morgan fingerprint density at radius 2 is 1.94 bits per heavy atom. The van der Waals surface area contributed by atoms with Crippen molar-refractivity contribution in [2.45, 2.75) is 37.6 Å². The van der Waals surface area contributed by atoms with Crippen molar-refractivity contribution < 1.29 is 0 Å². The van der Waals surface area contributed by atoms with E-state index in [9.17, 15) is 0 Å². The third-order valence-corrected chi connectivity index (χ3v) is 3.95. The van der Waals surface area contributed by atoms with Crippen LogP contribution in [0.1, 0.15) is 31.1 Å². The van der Waals surface area contributed by atoms with E-state index < -0.39 is 0 Å². The van der Waals surface area contributed by atoms with Gasteiger partial charge in [0.05, 0.1) is 11.4 Å². The van der Waals surface area contributed by atoms with Gasteiger partial charge in [0.15, 0.2) is 0 Å². The lowest BCUT2D eigenvalue weighted by Gasteiger charge is -2.11. The van der Waals surface area contributed by atoms with Crippen molar-refractivity contribution in [2.75, 3.05) is 5.73 Å². The van der Waals surface area contributed by atoms with Gasteiger partial charge in [0.25, 0.3) is 0 Å². The fourth-order valence-electron chi connectivity index (χ4n) is 1.76. The van der Waals surface area contributed by atoms with Crippen LogP contribution in [0.25, 0.3) is 0 Å². The lowest BCUT2D eigenvalue weighted by Crippen LogP contribution is -2.05. The van der Waals surface area contributed by atoms with Crippen LogP contribution in [0.2, 0.25) is 0 Å². The normalized spacial score (nSPS) is 11.1. The lowest BCUT2D eigenvalue weighted by molar-refractivity contribution is 0.491. The highest BCUT2D eigenvalue weighted by molar-refractivity contribution is 7.98. The van der Waals surface area contributed by atoms with Gasteiger partial charge in [-0.2, -0.15) is 5.10 Å². The molecule has 18 heavy (non-hydrogen) atoms. The van der Waals surface area contributed by atoms with Gasteiger partial charge >= 0.3 is 0 Å². The molecule has 1 aromatic carbocycles. The standard InChI is InChI=1S/C14H19N3S/c1-10(2)17-14(13(15)11(3)16-17)18-9-12-7-5-4-6-8-12/h4-8,10H,9,15H2,1-3H3. The Labute approximate surface area is 112 Å². The predicted molar refractivity (Wildman–Crippen MR) is 77.8 cm³/mol. The zero-order valence-corrected chi connectivity index (χ0v) is 11.9. The van der Waals surface area contributed by atoms with Crippen molar-refractivity contribution in [1.29, 1.82) is 0 Å². The second-order valence-electron chi connectivity index (χ2n) is 4.62. The van der Waals surface area contributed by atoms with Crippen molar-refractivity contribution >= 4 is 17.4 Å². The zero-order chi connectivity index (χ0) is 13.1. The minimum Gasteiger partial charge on any atom is -0.395 e. The summed E-state index contributed by atoms with van der Waals surface area (Å²) >= 11 is 1.75. The summed E-state index contributed by atoms with van der Waals surface area (Å²) in [7, 11) is 0. The van der Waals surface area contributed by atoms with Gasteiger partial charge in [-0.05, 0) is 26.3 Å². The van der Waals surface area contributed by atoms with Gasteiger partial charge in [0.1, 0.15) is 5.03 Å². The van der Waals surface area contributed by atoms with Gasteiger partial charge < -0.3 is 5.73 Å². The minimum absolute atomic E-state index is 0.333. The Kier molecular flexibility index (Phi) is 3.97. The number of thioether (sulfide) groups is 1. The predicted octanol–water partition coefficient (Wildman–Crippen LogP) is 3.65. The van der Waals surface area contributed by atoms with E-state index >= 15 is 0 Å². The summed E-state index contributed by atoms with van der Waals surface area (Å²) < 4.78 is 2.01. The van der Waals surface area contributed by atoms with Crippen molar-refractivity contribution in [1.82, 2.24) is 9.78 Å². The molecule has 4 heteroatoms. The number of aromatic nitrogens is 2. The highest BCUT2D eigenvalue weighted by Crippen LogP contribution is 2.32. The molecule has 0 bridgehead atoms. The van der Waals surface area contributed by atoms with Gasteiger partial charge in [-0.1, -0.05) is 42.1 Å². The maximum absolute atomic E-state index is 6.10. The largest absolute Gasteiger partial charge is 0.395 e. The molecule has 0 saturated heterocycles. The summed E-state index contributed by atoms with van der Waals surface area (Å²) in [6.45, 7) is 6.21. The fraction of sp³-hybridized carbons (Fsp3) is 0.357. The molecule has 0 fully saturated rings. The van der Waals surface area contributed by atoms with Crippen LogP contribution >= 0.6 is 11.8 Å². The van der Waals surface area contributed by atoms with Crippen LogP contribution in [-0.4, -0.2) is 9.78 Å². The Morgan fingerprint density at radius 3 is 2.56 bits per heavy atom. The maximum Gasteiger partial charge on any atom is 0.118 e. The lowest BCUT2D eigenvalue weighted by atomic mass is 10.2. The Morgan fingerprint density at radius 1 is 1.28 bits per heavy atom. The molecule has 0 aliphatic heterocycles.